The van der Waals surface area contributed by atoms with Crippen molar-refractivity contribution in [3.05, 3.63) is 60.2 Å². The average molecular weight is 511 g/mol. The first-order valence-corrected chi connectivity index (χ1v) is 12.2. The molecular formula is C28H34N2O7. The van der Waals surface area contributed by atoms with Crippen molar-refractivity contribution < 1.29 is 33.5 Å². The van der Waals surface area contributed by atoms with Crippen molar-refractivity contribution in [2.75, 3.05) is 0 Å². The maximum atomic E-state index is 12.9. The number of carbonyl (C=O) groups excluding carboxylic acids is 4. The van der Waals surface area contributed by atoms with E-state index in [9.17, 15) is 19.2 Å². The number of rotatable bonds is 8. The monoisotopic (exact) mass is 510 g/mol. The van der Waals surface area contributed by atoms with Gasteiger partial charge in [0, 0.05) is 12.8 Å². The third kappa shape index (κ3) is 7.39. The van der Waals surface area contributed by atoms with Gasteiger partial charge >= 0.3 is 12.1 Å². The van der Waals surface area contributed by atoms with Crippen LogP contribution in [0.5, 0.6) is 0 Å². The summed E-state index contributed by atoms with van der Waals surface area (Å²) in [5, 5.41) is 2.93. The molecule has 0 spiro atoms. The summed E-state index contributed by atoms with van der Waals surface area (Å²) in [6.45, 7) is 10.4. The Morgan fingerprint density at radius 3 is 1.95 bits per heavy atom. The lowest BCUT2D eigenvalue weighted by molar-refractivity contribution is -0.202. The fourth-order valence-electron chi connectivity index (χ4n) is 3.94. The third-order valence-corrected chi connectivity index (χ3v) is 5.76. The highest BCUT2D eigenvalue weighted by atomic mass is 16.7. The fourth-order valence-corrected chi connectivity index (χ4v) is 3.94. The number of imide groups is 1. The zero-order valence-corrected chi connectivity index (χ0v) is 22.1. The van der Waals surface area contributed by atoms with E-state index in [1.165, 1.54) is 0 Å². The van der Waals surface area contributed by atoms with E-state index in [4.69, 9.17) is 14.3 Å². The molecule has 9 nitrogen and oxygen atoms in total. The number of carbonyl (C=O) groups is 4. The van der Waals surface area contributed by atoms with Gasteiger partial charge in [0.05, 0.1) is 11.7 Å². The van der Waals surface area contributed by atoms with Gasteiger partial charge in [0.2, 0.25) is 0 Å². The minimum Gasteiger partial charge on any atom is -0.439 e. The van der Waals surface area contributed by atoms with Crippen LogP contribution < -0.4 is 5.32 Å². The van der Waals surface area contributed by atoms with Crippen molar-refractivity contribution in [2.45, 2.75) is 77.7 Å². The third-order valence-electron chi connectivity index (χ3n) is 5.76. The van der Waals surface area contributed by atoms with Crippen LogP contribution in [-0.2, 0) is 34.3 Å². The number of nitrogens with one attached hydrogen (secondary N) is 1. The number of nitrogens with zero attached hydrogens (tertiary/aromatic N) is 1. The molecule has 0 bridgehead atoms. The van der Waals surface area contributed by atoms with E-state index in [1.807, 2.05) is 54.6 Å². The van der Waals surface area contributed by atoms with Crippen LogP contribution in [0, 0.1) is 0 Å². The maximum Gasteiger partial charge on any atom is 0.408 e. The molecule has 0 unspecified atom stereocenters. The van der Waals surface area contributed by atoms with Crippen LogP contribution >= 0.6 is 0 Å². The molecule has 1 aliphatic heterocycles. The van der Waals surface area contributed by atoms with E-state index in [2.05, 4.69) is 5.32 Å². The summed E-state index contributed by atoms with van der Waals surface area (Å²) in [7, 11) is 0. The summed E-state index contributed by atoms with van der Waals surface area (Å²) in [6.07, 6.45) is -1.83. The molecule has 0 radical (unpaired) electrons. The molecule has 198 valence electrons. The number of benzene rings is 2. The molecule has 2 aromatic carbocycles. The van der Waals surface area contributed by atoms with Gasteiger partial charge < -0.3 is 19.6 Å². The van der Waals surface area contributed by atoms with Gasteiger partial charge in [-0.2, -0.15) is 0 Å². The van der Waals surface area contributed by atoms with E-state index in [-0.39, 0.29) is 12.8 Å². The molecule has 1 heterocycles. The molecule has 37 heavy (non-hydrogen) atoms. The number of ether oxygens (including phenoxy) is 2. The molecule has 0 aliphatic carbocycles. The van der Waals surface area contributed by atoms with Gasteiger partial charge in [-0.15, -0.1) is 5.06 Å². The number of hydrogen-bond acceptors (Lipinski definition) is 7. The van der Waals surface area contributed by atoms with Crippen LogP contribution in [0.3, 0.4) is 0 Å². The summed E-state index contributed by atoms with van der Waals surface area (Å²) < 4.78 is 11.5. The zero-order valence-electron chi connectivity index (χ0n) is 22.1. The van der Waals surface area contributed by atoms with E-state index in [0.29, 0.717) is 5.06 Å². The lowest BCUT2D eigenvalue weighted by Crippen LogP contribution is -2.53. The van der Waals surface area contributed by atoms with Gasteiger partial charge in [-0.3, -0.25) is 9.59 Å². The molecule has 0 saturated carbocycles. The number of hydroxylamine groups is 2. The Kier molecular flexibility index (Phi) is 8.38. The van der Waals surface area contributed by atoms with Gasteiger partial charge in [-0.05, 0) is 58.2 Å². The predicted octanol–water partition coefficient (Wildman–Crippen LogP) is 4.49. The molecule has 3 amide bonds. The van der Waals surface area contributed by atoms with Crippen molar-refractivity contribution in [1.82, 2.24) is 10.4 Å². The predicted molar refractivity (Wildman–Crippen MR) is 136 cm³/mol. The highest BCUT2D eigenvalue weighted by Gasteiger charge is 2.39. The standard InChI is InChI=1S/C28H34N2O7/c1-18(35-27(2,3)4)24(25(33)37-30-22(31)16-17-23(30)32)29-26(34)36-28(5,6)21-14-12-20(13-15-21)19-10-8-7-9-11-19/h7-15,18,24H,16-17H2,1-6H3,(H,29,34)/t18-,24+/m1/s1. The molecule has 1 aliphatic rings. The topological polar surface area (TPSA) is 111 Å². The minimum atomic E-state index is -1.34. The van der Waals surface area contributed by atoms with Crippen LogP contribution in [0.1, 0.15) is 59.9 Å². The quantitative estimate of drug-likeness (QED) is 0.521. The zero-order chi connectivity index (χ0) is 27.4. The normalized spacial score (nSPS) is 15.8. The van der Waals surface area contributed by atoms with Crippen molar-refractivity contribution in [2.24, 2.45) is 0 Å². The second-order valence-electron chi connectivity index (χ2n) is 10.4. The average Bonchev–Trinajstić information content (AvgIpc) is 3.13. The second kappa shape index (κ2) is 11.1. The Labute approximate surface area is 217 Å². The Bertz CT molecular complexity index is 1120. The molecule has 2 aromatic rings. The fraction of sp³-hybridized carbons (Fsp3) is 0.429. The van der Waals surface area contributed by atoms with Crippen LogP contribution in [0.4, 0.5) is 4.79 Å². The van der Waals surface area contributed by atoms with E-state index in [1.54, 1.807) is 41.5 Å². The minimum absolute atomic E-state index is 0.0441. The Balaban J connectivity index is 1.73. The van der Waals surface area contributed by atoms with E-state index in [0.717, 1.165) is 16.7 Å². The number of alkyl carbamates (subject to hydrolysis) is 1. The van der Waals surface area contributed by atoms with Crippen molar-refractivity contribution in [1.29, 1.82) is 0 Å². The van der Waals surface area contributed by atoms with Crippen molar-refractivity contribution in [3.63, 3.8) is 0 Å². The molecular weight excluding hydrogens is 476 g/mol. The van der Waals surface area contributed by atoms with Gasteiger partial charge in [0.15, 0.2) is 6.04 Å². The van der Waals surface area contributed by atoms with Gasteiger partial charge in [-0.1, -0.05) is 54.6 Å². The molecule has 0 aromatic heterocycles. The molecule has 9 heteroatoms. The SMILES string of the molecule is C[C@@H](OC(C)(C)C)[C@H](NC(=O)OC(C)(C)c1ccc(-c2ccccc2)cc1)C(=O)ON1C(=O)CCC1=O. The first-order valence-electron chi connectivity index (χ1n) is 12.2. The van der Waals surface area contributed by atoms with E-state index >= 15 is 0 Å². The smallest absolute Gasteiger partial charge is 0.408 e. The molecule has 1 saturated heterocycles. The molecule has 2 atom stereocenters. The highest BCUT2D eigenvalue weighted by Crippen LogP contribution is 2.28. The van der Waals surface area contributed by atoms with Crippen molar-refractivity contribution in [3.8, 4) is 11.1 Å². The number of hydrogen-bond donors (Lipinski definition) is 1. The second-order valence-corrected chi connectivity index (χ2v) is 10.4. The van der Waals surface area contributed by atoms with Gasteiger partial charge in [0.1, 0.15) is 5.60 Å². The number of amides is 3. The first-order chi connectivity index (χ1) is 17.3. The van der Waals surface area contributed by atoms with Crippen LogP contribution in [0.25, 0.3) is 11.1 Å². The summed E-state index contributed by atoms with van der Waals surface area (Å²) in [4.78, 5) is 54.7. The van der Waals surface area contributed by atoms with Crippen LogP contribution in [0.2, 0.25) is 0 Å². The molecule has 3 rings (SSSR count). The van der Waals surface area contributed by atoms with Gasteiger partial charge in [-0.25, -0.2) is 9.59 Å². The first kappa shape index (κ1) is 27.9. The summed E-state index contributed by atoms with van der Waals surface area (Å²) in [5.74, 6) is -2.25. The summed E-state index contributed by atoms with van der Waals surface area (Å²) in [5.41, 5.74) is 1.14. The lowest BCUT2D eigenvalue weighted by atomic mass is 9.95. The Morgan fingerprint density at radius 2 is 1.41 bits per heavy atom. The lowest BCUT2D eigenvalue weighted by Gasteiger charge is -2.32. The Hall–Kier alpha value is -3.72. The molecule has 1 fully saturated rings. The van der Waals surface area contributed by atoms with E-state index < -0.39 is 47.2 Å². The Morgan fingerprint density at radius 1 is 0.865 bits per heavy atom. The summed E-state index contributed by atoms with van der Waals surface area (Å²) >= 11 is 0. The van der Waals surface area contributed by atoms with Crippen molar-refractivity contribution >= 4 is 23.9 Å². The van der Waals surface area contributed by atoms with Crippen LogP contribution in [0.15, 0.2) is 54.6 Å². The largest absolute Gasteiger partial charge is 0.439 e. The van der Waals surface area contributed by atoms with Gasteiger partial charge in [0.25, 0.3) is 11.8 Å². The highest BCUT2D eigenvalue weighted by molar-refractivity contribution is 6.02. The maximum absolute atomic E-state index is 12.9. The molecule has 1 N–H and O–H groups in total. The summed E-state index contributed by atoms with van der Waals surface area (Å²) in [6, 6.07) is 16.2. The van der Waals surface area contributed by atoms with Crippen LogP contribution in [-0.4, -0.2) is 46.7 Å².